The van der Waals surface area contributed by atoms with Crippen molar-refractivity contribution in [3.63, 3.8) is 0 Å². The lowest BCUT2D eigenvalue weighted by molar-refractivity contribution is 0.286. The highest BCUT2D eigenvalue weighted by Crippen LogP contribution is 1.77. The number of rotatable bonds is 5. The molecule has 0 aliphatic heterocycles. The predicted molar refractivity (Wildman–Crippen MR) is 52.7 cm³/mol. The molecule has 4 nitrogen and oxygen atoms in total. The average Bonchev–Trinajstić information content (AvgIpc) is 2.03. The Morgan fingerprint density at radius 2 is 2.08 bits per heavy atom. The number of unbranched alkanes of at least 4 members (excludes halogenated alkanes) is 1. The van der Waals surface area contributed by atoms with Crippen LogP contribution in [-0.4, -0.2) is 31.0 Å². The maximum atomic E-state index is 8.20. The minimum absolute atomic E-state index is 0.00727. The molecular formula is C8H23N3O. The Balaban J connectivity index is 0. The molecule has 0 fully saturated rings. The van der Waals surface area contributed by atoms with Gasteiger partial charge < -0.3 is 21.9 Å². The number of hydrogen-bond acceptors (Lipinski definition) is 4. The lowest BCUT2D eigenvalue weighted by atomic mass is 10.3. The number of nitrogens with one attached hydrogen (secondary N) is 1. The Morgan fingerprint density at radius 1 is 1.50 bits per heavy atom. The molecule has 1 unspecified atom stereocenters. The van der Waals surface area contributed by atoms with Gasteiger partial charge in [-0.05, 0) is 19.9 Å². The maximum Gasteiger partial charge on any atom is 0.0556 e. The van der Waals surface area contributed by atoms with Gasteiger partial charge in [-0.3, -0.25) is 0 Å². The van der Waals surface area contributed by atoms with Crippen molar-refractivity contribution in [3.8, 4) is 0 Å². The molecule has 0 spiro atoms. The smallest absolute Gasteiger partial charge is 0.0556 e. The van der Waals surface area contributed by atoms with E-state index < -0.39 is 0 Å². The number of aliphatic hydroxyl groups is 1. The van der Waals surface area contributed by atoms with E-state index in [0.29, 0.717) is 6.54 Å². The van der Waals surface area contributed by atoms with Gasteiger partial charge in [-0.25, -0.2) is 0 Å². The molecule has 0 aromatic rings. The van der Waals surface area contributed by atoms with E-state index in [1.165, 1.54) is 12.8 Å². The molecule has 0 aromatic heterocycles. The molecule has 0 amide bonds. The van der Waals surface area contributed by atoms with Gasteiger partial charge in [-0.15, -0.1) is 0 Å². The van der Waals surface area contributed by atoms with Crippen LogP contribution in [0.1, 0.15) is 26.7 Å². The molecule has 0 bridgehead atoms. The zero-order chi connectivity index (χ0) is 9.82. The van der Waals surface area contributed by atoms with Crippen LogP contribution < -0.4 is 16.8 Å². The number of hydrogen-bond donors (Lipinski definition) is 4. The van der Waals surface area contributed by atoms with Crippen LogP contribution in [0.25, 0.3) is 0 Å². The summed E-state index contributed by atoms with van der Waals surface area (Å²) in [5, 5.41) is 11.0. The Hall–Kier alpha value is -0.160. The Labute approximate surface area is 75.3 Å². The highest BCUT2D eigenvalue weighted by molar-refractivity contribution is 4.47. The molecule has 0 aliphatic carbocycles. The van der Waals surface area contributed by atoms with E-state index in [0.717, 1.165) is 6.54 Å². The van der Waals surface area contributed by atoms with Gasteiger partial charge in [0.05, 0.1) is 12.8 Å². The van der Waals surface area contributed by atoms with Crippen LogP contribution in [0.15, 0.2) is 0 Å². The molecule has 6 N–H and O–H groups in total. The summed E-state index contributed by atoms with van der Waals surface area (Å²) in [7, 11) is 0. The van der Waals surface area contributed by atoms with Crippen molar-refractivity contribution in [2.75, 3.05) is 19.7 Å². The third-order valence-corrected chi connectivity index (χ3v) is 1.14. The van der Waals surface area contributed by atoms with Gasteiger partial charge in [-0.2, -0.15) is 0 Å². The van der Waals surface area contributed by atoms with Crippen LogP contribution in [0.5, 0.6) is 0 Å². The molecule has 12 heavy (non-hydrogen) atoms. The summed E-state index contributed by atoms with van der Waals surface area (Å²) in [6.07, 6.45) is 2.38. The molecule has 0 radical (unpaired) electrons. The predicted octanol–water partition coefficient (Wildman–Crippen LogP) is -0.382. The molecule has 0 heterocycles. The second-order valence-electron chi connectivity index (χ2n) is 2.61. The second-order valence-corrected chi connectivity index (χ2v) is 2.61. The number of nitrogens with two attached hydrogens (primary N) is 2. The highest BCUT2D eigenvalue weighted by atomic mass is 16.3. The van der Waals surface area contributed by atoms with Crippen molar-refractivity contribution in [1.82, 2.24) is 5.32 Å². The minimum atomic E-state index is -0.00727. The average molecular weight is 177 g/mol. The van der Waals surface area contributed by atoms with Gasteiger partial charge >= 0.3 is 0 Å². The molecule has 4 heteroatoms. The largest absolute Gasteiger partial charge is 0.395 e. The number of aliphatic hydroxyl groups excluding tert-OH is 1. The van der Waals surface area contributed by atoms with E-state index >= 15 is 0 Å². The van der Waals surface area contributed by atoms with Crippen molar-refractivity contribution in [2.24, 2.45) is 11.5 Å². The molecule has 0 aliphatic rings. The standard InChI is InChI=1S/C4H12N2O.C4H11N/c1-4(5)6-2-3-7;1-2-3-4-5/h4,6-7H,2-3,5H2,1H3;2-5H2,1H3. The van der Waals surface area contributed by atoms with Gasteiger partial charge in [-0.1, -0.05) is 13.3 Å². The molecule has 1 atom stereocenters. The molecule has 0 aromatic carbocycles. The summed E-state index contributed by atoms with van der Waals surface area (Å²) < 4.78 is 0. The van der Waals surface area contributed by atoms with Crippen molar-refractivity contribution in [3.05, 3.63) is 0 Å². The lowest BCUT2D eigenvalue weighted by Crippen LogP contribution is -2.35. The zero-order valence-electron chi connectivity index (χ0n) is 8.21. The quantitative estimate of drug-likeness (QED) is 0.431. The van der Waals surface area contributed by atoms with Crippen molar-refractivity contribution in [1.29, 1.82) is 0 Å². The molecule has 0 saturated carbocycles. The maximum absolute atomic E-state index is 8.20. The first-order valence-electron chi connectivity index (χ1n) is 4.48. The molecule has 76 valence electrons. The SMILES string of the molecule is CC(N)NCCO.CCCCN. The van der Waals surface area contributed by atoms with Gasteiger partial charge in [0.15, 0.2) is 0 Å². The summed E-state index contributed by atoms with van der Waals surface area (Å²) in [5.74, 6) is 0. The van der Waals surface area contributed by atoms with Gasteiger partial charge in [0, 0.05) is 6.54 Å². The fraction of sp³-hybridized carbons (Fsp3) is 1.00. The minimum Gasteiger partial charge on any atom is -0.395 e. The van der Waals surface area contributed by atoms with Crippen molar-refractivity contribution >= 4 is 0 Å². The van der Waals surface area contributed by atoms with E-state index in [4.69, 9.17) is 16.6 Å². The van der Waals surface area contributed by atoms with E-state index in [2.05, 4.69) is 12.2 Å². The summed E-state index contributed by atoms with van der Waals surface area (Å²) in [6.45, 7) is 5.54. The first kappa shape index (κ1) is 14.4. The second kappa shape index (κ2) is 13.4. The van der Waals surface area contributed by atoms with Crippen molar-refractivity contribution < 1.29 is 5.11 Å². The topological polar surface area (TPSA) is 84.3 Å². The first-order chi connectivity index (χ1) is 5.68. The summed E-state index contributed by atoms with van der Waals surface area (Å²) in [6, 6.07) is 0. The van der Waals surface area contributed by atoms with Crippen LogP contribution in [0.3, 0.4) is 0 Å². The summed E-state index contributed by atoms with van der Waals surface area (Å²) >= 11 is 0. The Morgan fingerprint density at radius 3 is 2.17 bits per heavy atom. The van der Waals surface area contributed by atoms with Crippen LogP contribution in [0.4, 0.5) is 0 Å². The third kappa shape index (κ3) is 22.5. The van der Waals surface area contributed by atoms with E-state index in [1.807, 2.05) is 6.92 Å². The normalized spacial score (nSPS) is 11.8. The monoisotopic (exact) mass is 177 g/mol. The third-order valence-electron chi connectivity index (χ3n) is 1.14. The summed E-state index contributed by atoms with van der Waals surface area (Å²) in [4.78, 5) is 0. The van der Waals surface area contributed by atoms with Gasteiger partial charge in [0.2, 0.25) is 0 Å². The van der Waals surface area contributed by atoms with Crippen LogP contribution in [0.2, 0.25) is 0 Å². The van der Waals surface area contributed by atoms with Crippen LogP contribution in [0, 0.1) is 0 Å². The highest BCUT2D eigenvalue weighted by Gasteiger charge is 1.86. The zero-order valence-corrected chi connectivity index (χ0v) is 8.21. The lowest BCUT2D eigenvalue weighted by Gasteiger charge is -2.03. The van der Waals surface area contributed by atoms with Gasteiger partial charge in [0.1, 0.15) is 0 Å². The first-order valence-corrected chi connectivity index (χ1v) is 4.48. The molecule has 0 rings (SSSR count). The van der Waals surface area contributed by atoms with Gasteiger partial charge in [0.25, 0.3) is 0 Å². The summed E-state index contributed by atoms with van der Waals surface area (Å²) in [5.41, 5.74) is 10.4. The van der Waals surface area contributed by atoms with E-state index in [9.17, 15) is 0 Å². The van der Waals surface area contributed by atoms with Crippen molar-refractivity contribution in [2.45, 2.75) is 32.9 Å². The van der Waals surface area contributed by atoms with E-state index in [1.54, 1.807) is 0 Å². The Kier molecular flexibility index (Phi) is 16.1. The van der Waals surface area contributed by atoms with Crippen LogP contribution in [-0.2, 0) is 0 Å². The van der Waals surface area contributed by atoms with Crippen LogP contribution >= 0.6 is 0 Å². The fourth-order valence-electron chi connectivity index (χ4n) is 0.496. The molecular weight excluding hydrogens is 154 g/mol. The van der Waals surface area contributed by atoms with E-state index in [-0.39, 0.29) is 12.8 Å². The Bertz CT molecular complexity index is 67.3. The molecule has 0 saturated heterocycles. The fourth-order valence-corrected chi connectivity index (χ4v) is 0.496.